The van der Waals surface area contributed by atoms with Crippen molar-refractivity contribution in [1.82, 2.24) is 4.90 Å². The molecule has 3 heteroatoms. The standard InChI is InChI=1S/C14H25NO2/c1-10-4-5-14(16)13(6-10)9-15-7-11(2)17-12(3)8-15/h10-13H,4-9H2,1-3H3. The third-order valence-electron chi connectivity index (χ3n) is 4.00. The fourth-order valence-electron chi connectivity index (χ4n) is 3.25. The Hall–Kier alpha value is -0.410. The summed E-state index contributed by atoms with van der Waals surface area (Å²) in [5, 5.41) is 0. The maximum absolute atomic E-state index is 11.9. The number of hydrogen-bond donors (Lipinski definition) is 0. The molecule has 1 aliphatic carbocycles. The average molecular weight is 239 g/mol. The van der Waals surface area contributed by atoms with Crippen LogP contribution in [0.2, 0.25) is 0 Å². The molecular weight excluding hydrogens is 214 g/mol. The minimum absolute atomic E-state index is 0.274. The van der Waals surface area contributed by atoms with Crippen LogP contribution >= 0.6 is 0 Å². The van der Waals surface area contributed by atoms with Crippen LogP contribution < -0.4 is 0 Å². The minimum Gasteiger partial charge on any atom is -0.373 e. The van der Waals surface area contributed by atoms with E-state index in [2.05, 4.69) is 25.7 Å². The minimum atomic E-state index is 0.274. The highest BCUT2D eigenvalue weighted by atomic mass is 16.5. The third kappa shape index (κ3) is 3.52. The van der Waals surface area contributed by atoms with Crippen LogP contribution in [-0.2, 0) is 9.53 Å². The molecule has 3 nitrogen and oxygen atoms in total. The lowest BCUT2D eigenvalue weighted by Gasteiger charge is -2.38. The molecule has 2 fully saturated rings. The molecule has 4 atom stereocenters. The molecule has 1 aliphatic heterocycles. The van der Waals surface area contributed by atoms with E-state index in [1.807, 2.05) is 0 Å². The van der Waals surface area contributed by atoms with Crippen molar-refractivity contribution in [3.8, 4) is 0 Å². The number of morpholine rings is 1. The molecule has 1 saturated heterocycles. The van der Waals surface area contributed by atoms with E-state index in [1.54, 1.807) is 0 Å². The normalized spacial score (nSPS) is 40.5. The summed E-state index contributed by atoms with van der Waals surface area (Å²) in [5.41, 5.74) is 0. The topological polar surface area (TPSA) is 29.5 Å². The Balaban J connectivity index is 1.88. The first-order chi connectivity index (χ1) is 8.04. The van der Waals surface area contributed by atoms with Gasteiger partial charge in [-0.2, -0.15) is 0 Å². The van der Waals surface area contributed by atoms with Gasteiger partial charge in [0.1, 0.15) is 5.78 Å². The van der Waals surface area contributed by atoms with E-state index in [0.29, 0.717) is 23.9 Å². The Bertz CT molecular complexity index is 269. The maximum Gasteiger partial charge on any atom is 0.137 e. The summed E-state index contributed by atoms with van der Waals surface area (Å²) in [6.07, 6.45) is 3.57. The molecule has 2 rings (SSSR count). The van der Waals surface area contributed by atoms with Crippen molar-refractivity contribution in [3.63, 3.8) is 0 Å². The lowest BCUT2D eigenvalue weighted by molar-refractivity contribution is -0.128. The lowest BCUT2D eigenvalue weighted by atomic mass is 9.81. The molecule has 0 spiro atoms. The molecule has 17 heavy (non-hydrogen) atoms. The summed E-state index contributed by atoms with van der Waals surface area (Å²) in [7, 11) is 0. The number of hydrogen-bond acceptors (Lipinski definition) is 3. The van der Waals surface area contributed by atoms with Gasteiger partial charge in [-0.1, -0.05) is 6.92 Å². The second-order valence-electron chi connectivity index (χ2n) is 6.02. The number of ether oxygens (including phenoxy) is 1. The van der Waals surface area contributed by atoms with Crippen molar-refractivity contribution in [2.24, 2.45) is 11.8 Å². The number of ketones is 1. The molecule has 0 aromatic rings. The van der Waals surface area contributed by atoms with Gasteiger partial charge in [-0.05, 0) is 32.6 Å². The van der Waals surface area contributed by atoms with Gasteiger partial charge in [-0.25, -0.2) is 0 Å². The second-order valence-corrected chi connectivity index (χ2v) is 6.02. The molecule has 4 unspecified atom stereocenters. The van der Waals surface area contributed by atoms with Gasteiger partial charge in [0.15, 0.2) is 0 Å². The molecule has 0 amide bonds. The number of Topliss-reactive ketones (excluding diaryl/α,β-unsaturated/α-hetero) is 1. The van der Waals surface area contributed by atoms with E-state index < -0.39 is 0 Å². The zero-order valence-electron chi connectivity index (χ0n) is 11.3. The van der Waals surface area contributed by atoms with Crippen molar-refractivity contribution in [2.45, 2.75) is 52.2 Å². The van der Waals surface area contributed by atoms with Crippen LogP contribution in [-0.4, -0.2) is 42.5 Å². The average Bonchev–Trinajstić information content (AvgIpc) is 2.22. The molecule has 0 aromatic heterocycles. The van der Waals surface area contributed by atoms with E-state index in [4.69, 9.17) is 4.74 Å². The van der Waals surface area contributed by atoms with E-state index in [0.717, 1.165) is 38.9 Å². The number of carbonyl (C=O) groups is 1. The van der Waals surface area contributed by atoms with Crippen LogP contribution in [0.4, 0.5) is 0 Å². The fraction of sp³-hybridized carbons (Fsp3) is 0.929. The van der Waals surface area contributed by atoms with Crippen LogP contribution in [0.1, 0.15) is 40.0 Å². The number of nitrogens with zero attached hydrogens (tertiary/aromatic N) is 1. The molecule has 0 N–H and O–H groups in total. The van der Waals surface area contributed by atoms with Gasteiger partial charge in [-0.15, -0.1) is 0 Å². The van der Waals surface area contributed by atoms with Gasteiger partial charge in [0.05, 0.1) is 12.2 Å². The summed E-state index contributed by atoms with van der Waals surface area (Å²) in [6, 6.07) is 0. The SMILES string of the molecule is CC1CCC(=O)C(CN2CC(C)OC(C)C2)C1. The van der Waals surface area contributed by atoms with Crippen molar-refractivity contribution >= 4 is 5.78 Å². The Morgan fingerprint density at radius 3 is 2.53 bits per heavy atom. The number of carbonyl (C=O) groups excluding carboxylic acids is 1. The molecular formula is C14H25NO2. The summed E-state index contributed by atoms with van der Waals surface area (Å²) in [5.74, 6) is 1.47. The first kappa shape index (κ1) is 13.0. The molecule has 0 bridgehead atoms. The maximum atomic E-state index is 11.9. The molecule has 2 aliphatic rings. The monoisotopic (exact) mass is 239 g/mol. The van der Waals surface area contributed by atoms with Gasteiger partial charge in [0.2, 0.25) is 0 Å². The molecule has 1 saturated carbocycles. The predicted octanol–water partition coefficient (Wildman–Crippen LogP) is 2.10. The molecule has 0 aromatic carbocycles. The molecule has 0 radical (unpaired) electrons. The van der Waals surface area contributed by atoms with Gasteiger partial charge >= 0.3 is 0 Å². The highest BCUT2D eigenvalue weighted by Crippen LogP contribution is 2.27. The highest BCUT2D eigenvalue weighted by Gasteiger charge is 2.30. The quantitative estimate of drug-likeness (QED) is 0.739. The lowest BCUT2D eigenvalue weighted by Crippen LogP contribution is -2.48. The van der Waals surface area contributed by atoms with Crippen molar-refractivity contribution < 1.29 is 9.53 Å². The Morgan fingerprint density at radius 1 is 1.24 bits per heavy atom. The summed E-state index contributed by atoms with van der Waals surface area (Å²) < 4.78 is 5.73. The smallest absolute Gasteiger partial charge is 0.137 e. The van der Waals surface area contributed by atoms with Crippen LogP contribution in [0, 0.1) is 11.8 Å². The number of rotatable bonds is 2. The first-order valence-electron chi connectivity index (χ1n) is 6.95. The second kappa shape index (κ2) is 5.49. The van der Waals surface area contributed by atoms with Crippen LogP contribution in [0.3, 0.4) is 0 Å². The van der Waals surface area contributed by atoms with Gasteiger partial charge in [0, 0.05) is 32.0 Å². The summed E-state index contributed by atoms with van der Waals surface area (Å²) >= 11 is 0. The van der Waals surface area contributed by atoms with E-state index in [1.165, 1.54) is 0 Å². The summed E-state index contributed by atoms with van der Waals surface area (Å²) in [6.45, 7) is 9.40. The first-order valence-corrected chi connectivity index (χ1v) is 6.95. The zero-order chi connectivity index (χ0) is 12.4. The Labute approximate surface area is 105 Å². The van der Waals surface area contributed by atoms with Crippen LogP contribution in [0.5, 0.6) is 0 Å². The fourth-order valence-corrected chi connectivity index (χ4v) is 3.25. The summed E-state index contributed by atoms with van der Waals surface area (Å²) in [4.78, 5) is 14.3. The van der Waals surface area contributed by atoms with Gasteiger partial charge in [0.25, 0.3) is 0 Å². The molecule has 1 heterocycles. The van der Waals surface area contributed by atoms with E-state index in [9.17, 15) is 4.79 Å². The van der Waals surface area contributed by atoms with Crippen LogP contribution in [0.25, 0.3) is 0 Å². The van der Waals surface area contributed by atoms with Crippen molar-refractivity contribution in [1.29, 1.82) is 0 Å². The Kier molecular flexibility index (Phi) is 4.21. The predicted molar refractivity (Wildman–Crippen MR) is 68.0 cm³/mol. The van der Waals surface area contributed by atoms with Crippen molar-refractivity contribution in [3.05, 3.63) is 0 Å². The van der Waals surface area contributed by atoms with Gasteiger partial charge < -0.3 is 4.74 Å². The zero-order valence-corrected chi connectivity index (χ0v) is 11.3. The van der Waals surface area contributed by atoms with Crippen molar-refractivity contribution in [2.75, 3.05) is 19.6 Å². The van der Waals surface area contributed by atoms with E-state index in [-0.39, 0.29) is 5.92 Å². The molecule has 98 valence electrons. The highest BCUT2D eigenvalue weighted by molar-refractivity contribution is 5.81. The van der Waals surface area contributed by atoms with Crippen LogP contribution in [0.15, 0.2) is 0 Å². The van der Waals surface area contributed by atoms with E-state index >= 15 is 0 Å². The largest absolute Gasteiger partial charge is 0.373 e. The van der Waals surface area contributed by atoms with Gasteiger partial charge in [-0.3, -0.25) is 9.69 Å². The Morgan fingerprint density at radius 2 is 1.88 bits per heavy atom. The third-order valence-corrected chi connectivity index (χ3v) is 4.00.